The lowest BCUT2D eigenvalue weighted by Gasteiger charge is -2.16. The quantitative estimate of drug-likeness (QED) is 0.425. The highest BCUT2D eigenvalue weighted by Crippen LogP contribution is 2.60. The molecule has 2 heterocycles. The molecule has 2 amide bonds. The minimum atomic E-state index is -0.421. The molecule has 0 aromatic heterocycles. The van der Waals surface area contributed by atoms with E-state index in [1.165, 1.54) is 30.2 Å². The van der Waals surface area contributed by atoms with Gasteiger partial charge in [-0.25, -0.2) is 0 Å². The van der Waals surface area contributed by atoms with Crippen molar-refractivity contribution in [2.24, 2.45) is 0 Å². The first-order chi connectivity index (χ1) is 9.82. The molecule has 21 heavy (non-hydrogen) atoms. The van der Waals surface area contributed by atoms with Gasteiger partial charge in [0.25, 0.3) is 11.8 Å². The van der Waals surface area contributed by atoms with Gasteiger partial charge in [0.15, 0.2) is 0 Å². The van der Waals surface area contributed by atoms with Crippen molar-refractivity contribution in [2.45, 2.75) is 9.79 Å². The minimum absolute atomic E-state index is 0.0175. The van der Waals surface area contributed by atoms with Crippen molar-refractivity contribution in [1.29, 1.82) is 0 Å². The summed E-state index contributed by atoms with van der Waals surface area (Å²) in [5.74, 6) is -1.11. The highest BCUT2D eigenvalue weighted by Gasteiger charge is 2.41. The van der Waals surface area contributed by atoms with Crippen molar-refractivity contribution in [3.8, 4) is 11.5 Å². The van der Waals surface area contributed by atoms with Gasteiger partial charge in [0.05, 0.1) is 19.1 Å². The molecule has 0 unspecified atom stereocenters. The molecule has 0 bridgehead atoms. The monoisotopic (exact) mass is 344 g/mol. The van der Waals surface area contributed by atoms with Crippen LogP contribution in [0.15, 0.2) is 25.7 Å². The fraction of sp³-hybridized carbons (Fsp3) is 0.167. The van der Waals surface area contributed by atoms with Gasteiger partial charge in [0, 0.05) is 20.2 Å². The molecular formula is C12H9ClN2O4S2. The Bertz CT molecular complexity index is 712. The number of carbonyl (C=O) groups excluding carboxylic acids is 2. The van der Waals surface area contributed by atoms with E-state index < -0.39 is 11.8 Å². The highest BCUT2D eigenvalue weighted by atomic mass is 35.5. The van der Waals surface area contributed by atoms with Crippen molar-refractivity contribution in [3.05, 3.63) is 20.9 Å². The molecule has 1 aromatic rings. The van der Waals surface area contributed by atoms with Gasteiger partial charge in [0.2, 0.25) is 0 Å². The van der Waals surface area contributed by atoms with Crippen molar-refractivity contribution < 1.29 is 19.8 Å². The molecule has 6 nitrogen and oxygen atoms in total. The molecule has 0 saturated carbocycles. The van der Waals surface area contributed by atoms with Gasteiger partial charge in [0.1, 0.15) is 17.1 Å². The summed E-state index contributed by atoms with van der Waals surface area (Å²) in [6, 6.07) is 1.23. The van der Waals surface area contributed by atoms with Crippen LogP contribution in [0, 0.1) is 0 Å². The zero-order valence-electron chi connectivity index (χ0n) is 10.9. The molecule has 3 rings (SSSR count). The van der Waals surface area contributed by atoms with Crippen LogP contribution in [0.25, 0.3) is 0 Å². The number of aromatic hydroxyl groups is 2. The SMILES string of the molecule is CN1C(=O)C(=C2Sc3c(O)cc(Cl)c(O)c3S2)C(=O)N1C. The normalized spacial score (nSPS) is 18.0. The lowest BCUT2D eigenvalue weighted by molar-refractivity contribution is -0.141. The number of halogens is 1. The second-order valence-electron chi connectivity index (χ2n) is 4.41. The second kappa shape index (κ2) is 4.75. The van der Waals surface area contributed by atoms with E-state index in [9.17, 15) is 19.8 Å². The summed E-state index contributed by atoms with van der Waals surface area (Å²) < 4.78 is 0.420. The molecule has 0 atom stereocenters. The topological polar surface area (TPSA) is 81.1 Å². The van der Waals surface area contributed by atoms with Crippen LogP contribution in [0.4, 0.5) is 0 Å². The van der Waals surface area contributed by atoms with E-state index in [-0.39, 0.29) is 22.1 Å². The van der Waals surface area contributed by atoms with Gasteiger partial charge in [-0.15, -0.1) is 0 Å². The lowest BCUT2D eigenvalue weighted by Crippen LogP contribution is -2.33. The summed E-state index contributed by atoms with van der Waals surface area (Å²) in [5.41, 5.74) is 0.0288. The van der Waals surface area contributed by atoms with Crippen LogP contribution < -0.4 is 0 Å². The fourth-order valence-corrected chi connectivity index (χ4v) is 4.80. The predicted octanol–water partition coefficient (Wildman–Crippen LogP) is 2.01. The lowest BCUT2D eigenvalue weighted by atomic mass is 10.3. The number of hydrazine groups is 1. The van der Waals surface area contributed by atoms with E-state index in [4.69, 9.17) is 11.6 Å². The third-order valence-corrected chi connectivity index (χ3v) is 6.12. The predicted molar refractivity (Wildman–Crippen MR) is 79.1 cm³/mol. The number of hydrogen-bond acceptors (Lipinski definition) is 6. The summed E-state index contributed by atoms with van der Waals surface area (Å²) in [6.45, 7) is 0. The van der Waals surface area contributed by atoms with Crippen LogP contribution in [0.5, 0.6) is 11.5 Å². The Morgan fingerprint density at radius 2 is 1.57 bits per heavy atom. The Kier molecular flexibility index (Phi) is 3.27. The first-order valence-corrected chi connectivity index (χ1v) is 7.74. The summed E-state index contributed by atoms with van der Waals surface area (Å²) in [6.07, 6.45) is 0. The number of fused-ring (bicyclic) bond motifs is 1. The molecule has 1 aromatic carbocycles. The maximum absolute atomic E-state index is 12.1. The first kappa shape index (κ1) is 14.4. The van der Waals surface area contributed by atoms with Crippen molar-refractivity contribution in [3.63, 3.8) is 0 Å². The van der Waals surface area contributed by atoms with Crippen molar-refractivity contribution in [1.82, 2.24) is 10.0 Å². The van der Waals surface area contributed by atoms with Crippen LogP contribution in [-0.2, 0) is 9.59 Å². The Balaban J connectivity index is 2.12. The number of likely N-dealkylation sites (N-methyl/N-ethyl adjacent to an activating group) is 2. The minimum Gasteiger partial charge on any atom is -0.507 e. The molecule has 0 radical (unpaired) electrons. The molecule has 110 valence electrons. The average molecular weight is 345 g/mol. The van der Waals surface area contributed by atoms with Gasteiger partial charge >= 0.3 is 0 Å². The largest absolute Gasteiger partial charge is 0.507 e. The number of nitrogens with zero attached hydrogens (tertiary/aromatic N) is 2. The van der Waals surface area contributed by atoms with E-state index in [0.29, 0.717) is 14.0 Å². The van der Waals surface area contributed by atoms with E-state index >= 15 is 0 Å². The average Bonchev–Trinajstić information content (AvgIpc) is 2.95. The highest BCUT2D eigenvalue weighted by molar-refractivity contribution is 8.25. The molecule has 9 heteroatoms. The Morgan fingerprint density at radius 1 is 1.05 bits per heavy atom. The van der Waals surface area contributed by atoms with Crippen molar-refractivity contribution in [2.75, 3.05) is 14.1 Å². The van der Waals surface area contributed by atoms with Crippen LogP contribution in [-0.4, -0.2) is 46.1 Å². The van der Waals surface area contributed by atoms with Gasteiger partial charge < -0.3 is 10.2 Å². The number of phenols is 2. The molecule has 2 aliphatic heterocycles. The van der Waals surface area contributed by atoms with Gasteiger partial charge in [-0.2, -0.15) is 0 Å². The van der Waals surface area contributed by atoms with E-state index in [1.54, 1.807) is 0 Å². The van der Waals surface area contributed by atoms with E-state index in [2.05, 4.69) is 0 Å². The Hall–Kier alpha value is -1.51. The van der Waals surface area contributed by atoms with Crippen molar-refractivity contribution >= 4 is 46.9 Å². The number of phenolic OH excluding ortho intramolecular Hbond substituents is 2. The summed E-state index contributed by atoms with van der Waals surface area (Å²) in [5, 5.41) is 22.3. The number of hydrogen-bond donors (Lipinski definition) is 2. The molecule has 0 spiro atoms. The van der Waals surface area contributed by atoms with Crippen LogP contribution in [0.3, 0.4) is 0 Å². The van der Waals surface area contributed by atoms with Crippen LogP contribution >= 0.6 is 35.1 Å². The van der Waals surface area contributed by atoms with Gasteiger partial charge in [-0.1, -0.05) is 35.1 Å². The number of carbonyl (C=O) groups is 2. The zero-order chi connectivity index (χ0) is 15.5. The van der Waals surface area contributed by atoms with Gasteiger partial charge in [-0.05, 0) is 0 Å². The number of benzene rings is 1. The summed E-state index contributed by atoms with van der Waals surface area (Å²) in [4.78, 5) is 25.0. The van der Waals surface area contributed by atoms with E-state index in [1.807, 2.05) is 0 Å². The third-order valence-electron chi connectivity index (χ3n) is 3.20. The maximum Gasteiger partial charge on any atom is 0.279 e. The standard InChI is InChI=1S/C12H9ClN2O4S2/c1-14-10(18)6(11(19)15(14)2)12-20-8-5(16)3-4(13)7(17)9(8)21-12/h3,16-17H,1-2H3. The molecule has 2 aliphatic rings. The number of thioether (sulfide) groups is 2. The summed E-state index contributed by atoms with van der Waals surface area (Å²) in [7, 11) is 2.99. The maximum atomic E-state index is 12.1. The second-order valence-corrected chi connectivity index (χ2v) is 7.12. The smallest absolute Gasteiger partial charge is 0.279 e. The summed E-state index contributed by atoms with van der Waals surface area (Å²) >= 11 is 7.94. The fourth-order valence-electron chi connectivity index (χ4n) is 1.95. The number of amides is 2. The molecular weight excluding hydrogens is 336 g/mol. The Labute approximate surface area is 133 Å². The molecule has 1 saturated heterocycles. The first-order valence-electron chi connectivity index (χ1n) is 5.73. The number of rotatable bonds is 0. The molecule has 2 N–H and O–H groups in total. The molecule has 0 aliphatic carbocycles. The van der Waals surface area contributed by atoms with E-state index in [0.717, 1.165) is 23.5 Å². The third kappa shape index (κ3) is 1.97. The Morgan fingerprint density at radius 3 is 2.14 bits per heavy atom. The van der Waals surface area contributed by atoms with Crippen LogP contribution in [0.1, 0.15) is 0 Å². The van der Waals surface area contributed by atoms with Gasteiger partial charge in [-0.3, -0.25) is 19.6 Å². The van der Waals surface area contributed by atoms with Crippen LogP contribution in [0.2, 0.25) is 5.02 Å². The molecule has 1 fully saturated rings. The zero-order valence-corrected chi connectivity index (χ0v) is 13.3.